The van der Waals surface area contributed by atoms with E-state index in [-0.39, 0.29) is 5.91 Å². The summed E-state index contributed by atoms with van der Waals surface area (Å²) in [5, 5.41) is 7.57. The lowest BCUT2D eigenvalue weighted by Gasteiger charge is -2.07. The molecule has 1 amide bonds. The number of pyridine rings is 1. The highest BCUT2D eigenvalue weighted by Crippen LogP contribution is 2.41. The summed E-state index contributed by atoms with van der Waals surface area (Å²) in [6.45, 7) is 2.58. The highest BCUT2D eigenvalue weighted by atomic mass is 16.1. The molecule has 0 aliphatic heterocycles. The predicted molar refractivity (Wildman–Crippen MR) is 80.0 cm³/mol. The highest BCUT2D eigenvalue weighted by molar-refractivity contribution is 5.96. The Balaban J connectivity index is 1.80. The van der Waals surface area contributed by atoms with E-state index in [2.05, 4.69) is 22.3 Å². The van der Waals surface area contributed by atoms with Gasteiger partial charge < -0.3 is 5.32 Å². The number of aryl methyl sites for hydroxylation is 1. The molecule has 5 nitrogen and oxygen atoms in total. The quantitative estimate of drug-likeness (QED) is 0.915. The molecular weight excluding hydrogens is 264 g/mol. The second-order valence-electron chi connectivity index (χ2n) is 5.50. The van der Waals surface area contributed by atoms with Gasteiger partial charge in [-0.25, -0.2) is 0 Å². The van der Waals surface area contributed by atoms with Crippen LogP contribution in [0.25, 0.3) is 0 Å². The maximum absolute atomic E-state index is 12.6. The van der Waals surface area contributed by atoms with Crippen molar-refractivity contribution < 1.29 is 4.79 Å². The minimum atomic E-state index is -0.0151. The number of rotatable bonds is 5. The average molecular weight is 284 g/mol. The van der Waals surface area contributed by atoms with Gasteiger partial charge in [-0.2, -0.15) is 5.10 Å². The van der Waals surface area contributed by atoms with Crippen molar-refractivity contribution in [1.82, 2.24) is 20.1 Å². The maximum atomic E-state index is 12.6. The first kappa shape index (κ1) is 13.8. The van der Waals surface area contributed by atoms with Crippen molar-refractivity contribution >= 4 is 5.91 Å². The molecule has 1 aliphatic carbocycles. The third kappa shape index (κ3) is 2.82. The number of amides is 1. The van der Waals surface area contributed by atoms with Crippen molar-refractivity contribution in [3.63, 3.8) is 0 Å². The molecule has 2 heterocycles. The summed E-state index contributed by atoms with van der Waals surface area (Å²) in [7, 11) is 1.92. The fourth-order valence-electron chi connectivity index (χ4n) is 2.65. The van der Waals surface area contributed by atoms with Crippen molar-refractivity contribution in [2.24, 2.45) is 7.05 Å². The lowest BCUT2D eigenvalue weighted by molar-refractivity contribution is 0.0949. The van der Waals surface area contributed by atoms with Crippen LogP contribution in [0.1, 0.15) is 53.0 Å². The van der Waals surface area contributed by atoms with E-state index < -0.39 is 0 Å². The standard InChI is InChI=1S/C16H20N4O/c1-3-13-14(15(12-4-5-12)19-20(13)2)16(21)18-10-11-6-8-17-9-7-11/h6-9,12H,3-5,10H2,1-2H3,(H,18,21). The highest BCUT2D eigenvalue weighted by Gasteiger charge is 2.33. The molecule has 0 radical (unpaired) electrons. The normalized spacial score (nSPS) is 14.2. The van der Waals surface area contributed by atoms with Gasteiger partial charge in [0.1, 0.15) is 0 Å². The second-order valence-corrected chi connectivity index (χ2v) is 5.50. The SMILES string of the molecule is CCc1c(C(=O)NCc2ccncc2)c(C2CC2)nn1C. The number of hydrogen-bond donors (Lipinski definition) is 1. The van der Waals surface area contributed by atoms with Gasteiger partial charge in [0.2, 0.25) is 0 Å². The van der Waals surface area contributed by atoms with E-state index in [1.807, 2.05) is 23.9 Å². The Kier molecular flexibility index (Phi) is 3.73. The number of hydrogen-bond acceptors (Lipinski definition) is 3. The Morgan fingerprint density at radius 1 is 1.38 bits per heavy atom. The number of nitrogens with one attached hydrogen (secondary N) is 1. The van der Waals surface area contributed by atoms with Gasteiger partial charge in [0, 0.05) is 31.9 Å². The smallest absolute Gasteiger partial charge is 0.255 e. The molecule has 0 unspecified atom stereocenters. The average Bonchev–Trinajstić information content (AvgIpc) is 3.29. The zero-order valence-electron chi connectivity index (χ0n) is 12.5. The first-order chi connectivity index (χ1) is 10.2. The summed E-state index contributed by atoms with van der Waals surface area (Å²) in [6.07, 6.45) is 6.57. The lowest BCUT2D eigenvalue weighted by atomic mass is 10.1. The van der Waals surface area contributed by atoms with Crippen LogP contribution in [-0.4, -0.2) is 20.7 Å². The second kappa shape index (κ2) is 5.68. The van der Waals surface area contributed by atoms with E-state index in [1.54, 1.807) is 12.4 Å². The first-order valence-corrected chi connectivity index (χ1v) is 7.43. The van der Waals surface area contributed by atoms with Crippen LogP contribution in [0.2, 0.25) is 0 Å². The van der Waals surface area contributed by atoms with Crippen molar-refractivity contribution in [3.8, 4) is 0 Å². The van der Waals surface area contributed by atoms with Crippen LogP contribution in [0.15, 0.2) is 24.5 Å². The zero-order valence-corrected chi connectivity index (χ0v) is 12.5. The summed E-state index contributed by atoms with van der Waals surface area (Å²) in [5.74, 6) is 0.455. The van der Waals surface area contributed by atoms with Crippen molar-refractivity contribution in [3.05, 3.63) is 47.0 Å². The molecular formula is C16H20N4O. The van der Waals surface area contributed by atoms with Gasteiger partial charge >= 0.3 is 0 Å². The van der Waals surface area contributed by atoms with Crippen LogP contribution in [-0.2, 0) is 20.0 Å². The number of carbonyl (C=O) groups is 1. The molecule has 1 fully saturated rings. The summed E-state index contributed by atoms with van der Waals surface area (Å²) in [6, 6.07) is 3.82. The predicted octanol–water partition coefficient (Wildman–Crippen LogP) is 2.18. The van der Waals surface area contributed by atoms with Crippen LogP contribution in [0.4, 0.5) is 0 Å². The van der Waals surface area contributed by atoms with E-state index in [0.29, 0.717) is 12.5 Å². The molecule has 5 heteroatoms. The van der Waals surface area contributed by atoms with Crippen molar-refractivity contribution in [2.75, 3.05) is 0 Å². The Morgan fingerprint density at radius 3 is 2.71 bits per heavy atom. The Bertz CT molecular complexity index is 644. The fourth-order valence-corrected chi connectivity index (χ4v) is 2.65. The molecule has 0 atom stereocenters. The monoisotopic (exact) mass is 284 g/mol. The van der Waals surface area contributed by atoms with E-state index in [4.69, 9.17) is 0 Å². The van der Waals surface area contributed by atoms with E-state index in [0.717, 1.165) is 41.8 Å². The largest absolute Gasteiger partial charge is 0.348 e. The molecule has 1 N–H and O–H groups in total. The minimum Gasteiger partial charge on any atom is -0.348 e. The molecule has 2 aromatic rings. The summed E-state index contributed by atoms with van der Waals surface area (Å²) < 4.78 is 1.86. The number of carbonyl (C=O) groups excluding carboxylic acids is 1. The minimum absolute atomic E-state index is 0.0151. The van der Waals surface area contributed by atoms with Crippen molar-refractivity contribution in [1.29, 1.82) is 0 Å². The fraction of sp³-hybridized carbons (Fsp3) is 0.438. The van der Waals surface area contributed by atoms with Crippen LogP contribution >= 0.6 is 0 Å². The molecule has 0 aromatic carbocycles. The van der Waals surface area contributed by atoms with Crippen LogP contribution in [0.5, 0.6) is 0 Å². The summed E-state index contributed by atoms with van der Waals surface area (Å²) >= 11 is 0. The molecule has 1 saturated carbocycles. The number of aromatic nitrogens is 3. The molecule has 0 saturated heterocycles. The van der Waals surface area contributed by atoms with Crippen LogP contribution < -0.4 is 5.32 Å². The topological polar surface area (TPSA) is 59.8 Å². The van der Waals surface area contributed by atoms with Crippen LogP contribution in [0, 0.1) is 0 Å². The van der Waals surface area contributed by atoms with Gasteiger partial charge in [0.15, 0.2) is 0 Å². The Labute approximate surface area is 124 Å². The molecule has 0 spiro atoms. The van der Waals surface area contributed by atoms with Crippen molar-refractivity contribution in [2.45, 2.75) is 38.6 Å². The molecule has 3 rings (SSSR count). The third-order valence-electron chi connectivity index (χ3n) is 3.92. The van der Waals surface area contributed by atoms with Gasteiger partial charge in [-0.05, 0) is 37.0 Å². The Morgan fingerprint density at radius 2 is 2.10 bits per heavy atom. The van der Waals surface area contributed by atoms with Crippen LogP contribution in [0.3, 0.4) is 0 Å². The number of nitrogens with zero attached hydrogens (tertiary/aromatic N) is 3. The van der Waals surface area contributed by atoms with E-state index in [9.17, 15) is 4.79 Å². The van der Waals surface area contributed by atoms with Gasteiger partial charge in [0.25, 0.3) is 5.91 Å². The third-order valence-corrected chi connectivity index (χ3v) is 3.92. The maximum Gasteiger partial charge on any atom is 0.255 e. The van der Waals surface area contributed by atoms with Gasteiger partial charge in [0.05, 0.1) is 17.0 Å². The summed E-state index contributed by atoms with van der Waals surface area (Å²) in [5.41, 5.74) is 3.83. The first-order valence-electron chi connectivity index (χ1n) is 7.43. The molecule has 1 aliphatic rings. The van der Waals surface area contributed by atoms with Gasteiger partial charge in [-0.15, -0.1) is 0 Å². The molecule has 110 valence electrons. The summed E-state index contributed by atoms with van der Waals surface area (Å²) in [4.78, 5) is 16.6. The van der Waals surface area contributed by atoms with Gasteiger partial charge in [-0.1, -0.05) is 6.92 Å². The molecule has 2 aromatic heterocycles. The van der Waals surface area contributed by atoms with E-state index >= 15 is 0 Å². The molecule has 0 bridgehead atoms. The van der Waals surface area contributed by atoms with Gasteiger partial charge in [-0.3, -0.25) is 14.5 Å². The zero-order chi connectivity index (χ0) is 14.8. The van der Waals surface area contributed by atoms with E-state index in [1.165, 1.54) is 0 Å². The molecule has 21 heavy (non-hydrogen) atoms. The Hall–Kier alpha value is -2.17. The lowest BCUT2D eigenvalue weighted by Crippen LogP contribution is -2.24.